The first-order chi connectivity index (χ1) is 24.8. The zero-order valence-electron chi connectivity index (χ0n) is 28.4. The molecule has 0 atom stereocenters. The van der Waals surface area contributed by atoms with Gasteiger partial charge in [0.1, 0.15) is 46.4 Å². The molecule has 0 nitrogen and oxygen atoms in total. The number of rotatable bonds is 8. The van der Waals surface area contributed by atoms with E-state index in [9.17, 15) is 0 Å². The molecule has 280 valence electrons. The third-order valence-electron chi connectivity index (χ3n) is 8.13. The van der Waals surface area contributed by atoms with Gasteiger partial charge in [-0.05, 0) is 86.6 Å². The number of hydrogen-bond acceptors (Lipinski definition) is 0. The Bertz CT molecular complexity index is 1490. The molecule has 0 N–H and O–H groups in total. The van der Waals surface area contributed by atoms with Crippen molar-refractivity contribution in [3.8, 4) is 0 Å². The molecule has 0 aliphatic rings. The summed E-state index contributed by atoms with van der Waals surface area (Å²) in [7, 11) is -3.07. The first kappa shape index (κ1) is 49.4. The average molecular weight is 1710 g/mol. The Morgan fingerprint density at radius 3 is 0.500 bits per heavy atom. The second-order valence-electron chi connectivity index (χ2n) is 10.9. The van der Waals surface area contributed by atoms with Gasteiger partial charge in [0.15, 0.2) is 0 Å². The van der Waals surface area contributed by atoms with Crippen molar-refractivity contribution in [2.75, 3.05) is 12.3 Å². The van der Waals surface area contributed by atoms with Crippen molar-refractivity contribution in [2.45, 2.75) is 13.8 Å². The van der Waals surface area contributed by atoms with Crippen LogP contribution >= 0.6 is 177 Å². The Morgan fingerprint density at radius 1 is 0.288 bits per heavy atom. The monoisotopic (exact) mass is 1710 g/mol. The van der Waals surface area contributed by atoms with Gasteiger partial charge < -0.3 is 0 Å². The summed E-state index contributed by atoms with van der Waals surface area (Å²) in [5.74, 6) is 0. The van der Waals surface area contributed by atoms with E-state index in [4.69, 9.17) is 0 Å². The first-order valence-corrected chi connectivity index (χ1v) is 50.4. The fourth-order valence-corrected chi connectivity index (χ4v) is 14.2. The van der Waals surface area contributed by atoms with Crippen molar-refractivity contribution in [3.05, 3.63) is 182 Å². The molecule has 0 radical (unpaired) electrons. The number of halogens is 8. The molecule has 6 rings (SSSR count). The molecule has 0 heterocycles. The van der Waals surface area contributed by atoms with E-state index in [0.717, 1.165) is 12.3 Å². The van der Waals surface area contributed by atoms with Crippen molar-refractivity contribution < 1.29 is -0.308 Å². The molecular formula is C40H40I8Mn2P2. The van der Waals surface area contributed by atoms with E-state index in [1.165, 1.54) is 31.8 Å². The second kappa shape index (κ2) is 25.6. The van der Waals surface area contributed by atoms with Gasteiger partial charge in [0, 0.05) is 0 Å². The Hall–Kier alpha value is 3.06. The van der Waals surface area contributed by atoms with E-state index in [1.54, 1.807) is 0 Å². The Kier molecular flexibility index (Phi) is 24.4. The van der Waals surface area contributed by atoms with Crippen molar-refractivity contribution in [1.29, 1.82) is 0 Å². The van der Waals surface area contributed by atoms with Gasteiger partial charge >= 0.3 is 162 Å². The summed E-state index contributed by atoms with van der Waals surface area (Å²) < 4.78 is -1.49. The quantitative estimate of drug-likeness (QED) is 0.0809. The molecule has 0 aliphatic heterocycles. The fraction of sp³-hybridized carbons (Fsp3) is 0.100. The summed E-state index contributed by atoms with van der Waals surface area (Å²) >= 11 is 19.8. The molecule has 0 aliphatic carbocycles. The van der Waals surface area contributed by atoms with Gasteiger partial charge in [0.25, 0.3) is 0 Å². The van der Waals surface area contributed by atoms with Crippen LogP contribution in [0.15, 0.2) is 182 Å². The van der Waals surface area contributed by atoms with Crippen LogP contribution in [0.3, 0.4) is 0 Å². The van der Waals surface area contributed by atoms with Crippen molar-refractivity contribution in [3.63, 3.8) is 0 Å². The normalized spacial score (nSPS) is 12.0. The van der Waals surface area contributed by atoms with Crippen LogP contribution in [-0.2, 0) is -0.308 Å². The minimum atomic E-state index is -1.53. The van der Waals surface area contributed by atoms with Crippen LogP contribution in [0.2, 0.25) is 0 Å². The topological polar surface area (TPSA) is 0 Å². The molecule has 0 aromatic heterocycles. The van der Waals surface area contributed by atoms with Crippen molar-refractivity contribution in [2.24, 2.45) is 0 Å². The van der Waals surface area contributed by atoms with E-state index < -0.39 is 14.2 Å². The molecule has 0 bridgehead atoms. The van der Waals surface area contributed by atoms with Crippen LogP contribution < -0.4 is 31.8 Å². The van der Waals surface area contributed by atoms with Gasteiger partial charge in [-0.15, -0.1) is 0 Å². The van der Waals surface area contributed by atoms with Crippen LogP contribution in [0.4, 0.5) is 0 Å². The standard InChI is InChI=1S/2C20H20P.8HI.2Mn/c2*1-2-21(18-12-6-3-7-13-18,19-14-8-4-9-15-19)20-16-10-5-11-17-20;;;;;;;;;;/h2*3-17H,2H2,1H3;8*1H;;/q2*+1;;;;;;;;;2*+3/p-8. The second-order valence-corrected chi connectivity index (χ2v) is 138. The van der Waals surface area contributed by atoms with E-state index in [2.05, 4.69) is 359 Å². The van der Waals surface area contributed by atoms with E-state index in [0.29, 0.717) is 0 Å². The van der Waals surface area contributed by atoms with Crippen LogP contribution in [0, 0.1) is 0 Å². The summed E-state index contributed by atoms with van der Waals surface area (Å²) in [5, 5.41) is 8.78. The van der Waals surface area contributed by atoms with E-state index >= 15 is 0 Å². The Labute approximate surface area is 408 Å². The molecule has 52 heavy (non-hydrogen) atoms. The molecule has 0 spiro atoms. The predicted molar refractivity (Wildman–Crippen MR) is 304 cm³/mol. The van der Waals surface area contributed by atoms with E-state index in [1.807, 2.05) is 0 Å². The number of benzene rings is 6. The van der Waals surface area contributed by atoms with Gasteiger partial charge in [-0.25, -0.2) is 0 Å². The first-order valence-electron chi connectivity index (χ1n) is 16.0. The summed E-state index contributed by atoms with van der Waals surface area (Å²) in [6, 6.07) is 66.0. The minimum absolute atomic E-state index is 0.745. The molecule has 0 fully saturated rings. The van der Waals surface area contributed by atoms with Crippen LogP contribution in [0.5, 0.6) is 0 Å². The average Bonchev–Trinajstić information content (AvgIpc) is 3.15. The summed E-state index contributed by atoms with van der Waals surface area (Å²) in [6.07, 6.45) is 2.29. The SMILES string of the molecule is CC[P+](c1ccccc1)(c1ccccc1)c1ccccc1.CC[P+](c1ccccc1)(c1ccccc1)c1ccccc1.[I][Mn-]([I])([I])[I].[I][Mn-]([I])([I])[I]. The maximum absolute atomic E-state index is 2.48. The van der Waals surface area contributed by atoms with Gasteiger partial charge in [-0.1, -0.05) is 109 Å². The Morgan fingerprint density at radius 2 is 0.404 bits per heavy atom. The zero-order valence-corrected chi connectivity index (χ0v) is 49.8. The van der Waals surface area contributed by atoms with Gasteiger partial charge in [0.05, 0.1) is 12.3 Å². The molecule has 0 saturated heterocycles. The summed E-state index contributed by atoms with van der Waals surface area (Å²) in [5.41, 5.74) is 0. The van der Waals surface area contributed by atoms with Crippen LogP contribution in [0.25, 0.3) is 0 Å². The van der Waals surface area contributed by atoms with E-state index in [-0.39, 0.29) is 0 Å². The van der Waals surface area contributed by atoms with Gasteiger partial charge in [0.2, 0.25) is 0 Å². The molecule has 0 saturated carbocycles. The molecule has 6 aromatic rings. The van der Waals surface area contributed by atoms with Crippen molar-refractivity contribution in [1.82, 2.24) is 0 Å². The summed E-state index contributed by atoms with van der Waals surface area (Å²) in [6.45, 7) is 4.64. The molecule has 0 amide bonds. The third kappa shape index (κ3) is 16.6. The third-order valence-corrected chi connectivity index (χ3v) is 17.1. The van der Waals surface area contributed by atoms with Gasteiger partial charge in [-0.3, -0.25) is 0 Å². The molecule has 6 aromatic carbocycles. The summed E-state index contributed by atoms with van der Waals surface area (Å²) in [4.78, 5) is 0. The maximum atomic E-state index is 2.48. The molecular weight excluding hydrogens is 1670 g/mol. The molecule has 12 heteroatoms. The van der Waals surface area contributed by atoms with Gasteiger partial charge in [-0.2, -0.15) is 0 Å². The fourth-order valence-electron chi connectivity index (χ4n) is 6.08. The Balaban J connectivity index is 0.000000223. The van der Waals surface area contributed by atoms with Crippen LogP contribution in [-0.4, -0.2) is 12.3 Å². The van der Waals surface area contributed by atoms with Crippen LogP contribution in [0.1, 0.15) is 13.8 Å². The number of hydrogen-bond donors (Lipinski definition) is 0. The predicted octanol–water partition coefficient (Wildman–Crippen LogP) is 15.1. The molecule has 0 unspecified atom stereocenters. The van der Waals surface area contributed by atoms with Crippen molar-refractivity contribution >= 4 is 209 Å². The zero-order chi connectivity index (χ0) is 38.1.